The van der Waals surface area contributed by atoms with Crippen LogP contribution in [-0.4, -0.2) is 37.5 Å². The summed E-state index contributed by atoms with van der Waals surface area (Å²) in [5.74, 6) is 0.807. The Kier molecular flexibility index (Phi) is 6.62. The van der Waals surface area contributed by atoms with Gasteiger partial charge in [0, 0.05) is 31.1 Å². The molecule has 1 atom stereocenters. The fourth-order valence-corrected chi connectivity index (χ4v) is 5.12. The van der Waals surface area contributed by atoms with Gasteiger partial charge in [0.1, 0.15) is 5.76 Å². The Balaban J connectivity index is 1.91. The lowest BCUT2D eigenvalue weighted by atomic mass is 9.96. The second-order valence-corrected chi connectivity index (χ2v) is 9.53. The zero-order chi connectivity index (χ0) is 23.7. The van der Waals surface area contributed by atoms with Gasteiger partial charge in [-0.1, -0.05) is 23.5 Å². The van der Waals surface area contributed by atoms with Gasteiger partial charge >= 0.3 is 5.97 Å². The van der Waals surface area contributed by atoms with E-state index in [9.17, 15) is 9.59 Å². The smallest absolute Gasteiger partial charge is 0.338 e. The number of furan rings is 1. The number of carbonyl (C=O) groups excluding carboxylic acids is 1. The number of fused-ring (bicyclic) bond motifs is 1. The van der Waals surface area contributed by atoms with Crippen molar-refractivity contribution in [3.05, 3.63) is 78.7 Å². The number of thioether (sulfide) groups is 1. The van der Waals surface area contributed by atoms with Gasteiger partial charge in [-0.05, 0) is 43.9 Å². The van der Waals surface area contributed by atoms with Crippen LogP contribution in [0.3, 0.4) is 0 Å². The van der Waals surface area contributed by atoms with Gasteiger partial charge in [0.05, 0.1) is 28.5 Å². The number of carbonyl (C=O) groups is 1. The average molecular weight is 484 g/mol. The van der Waals surface area contributed by atoms with E-state index < -0.39 is 12.0 Å². The molecule has 1 aromatic carbocycles. The summed E-state index contributed by atoms with van der Waals surface area (Å²) in [4.78, 5) is 34.5. The Bertz CT molecular complexity index is 1390. The molecule has 33 heavy (non-hydrogen) atoms. The van der Waals surface area contributed by atoms with E-state index in [-0.39, 0.29) is 12.2 Å². The number of esters is 1. The van der Waals surface area contributed by atoms with E-state index in [0.717, 1.165) is 10.5 Å². The first-order chi connectivity index (χ1) is 15.8. The van der Waals surface area contributed by atoms with Crippen LogP contribution in [0.1, 0.15) is 31.2 Å². The van der Waals surface area contributed by atoms with Crippen LogP contribution in [0.4, 0.5) is 5.88 Å². The van der Waals surface area contributed by atoms with Crippen molar-refractivity contribution in [1.82, 2.24) is 4.57 Å². The fourth-order valence-electron chi connectivity index (χ4n) is 3.68. The van der Waals surface area contributed by atoms with Crippen molar-refractivity contribution >= 4 is 41.0 Å². The molecule has 0 spiro atoms. The van der Waals surface area contributed by atoms with Crippen LogP contribution in [0.5, 0.6) is 0 Å². The number of allylic oxidation sites excluding steroid dienone is 1. The van der Waals surface area contributed by atoms with Gasteiger partial charge in [-0.2, -0.15) is 0 Å². The maximum Gasteiger partial charge on any atom is 0.338 e. The van der Waals surface area contributed by atoms with Crippen LogP contribution in [0.15, 0.2) is 66.8 Å². The molecule has 2 aromatic heterocycles. The minimum Gasteiger partial charge on any atom is -0.463 e. The number of hydrogen-bond acceptors (Lipinski definition) is 8. The van der Waals surface area contributed by atoms with Crippen molar-refractivity contribution in [3.8, 4) is 0 Å². The van der Waals surface area contributed by atoms with Crippen molar-refractivity contribution in [2.24, 2.45) is 4.99 Å². The lowest BCUT2D eigenvalue weighted by molar-refractivity contribution is -0.139. The Labute approximate surface area is 199 Å². The molecule has 0 bridgehead atoms. The number of benzene rings is 1. The summed E-state index contributed by atoms with van der Waals surface area (Å²) < 4.78 is 13.2. The molecule has 7 nitrogen and oxygen atoms in total. The van der Waals surface area contributed by atoms with E-state index >= 15 is 0 Å². The number of hydrogen-bond donors (Lipinski definition) is 0. The molecule has 0 unspecified atom stereocenters. The van der Waals surface area contributed by atoms with Gasteiger partial charge in [0.2, 0.25) is 0 Å². The number of aromatic nitrogens is 1. The number of ether oxygens (including phenoxy) is 1. The predicted octanol–water partition coefficient (Wildman–Crippen LogP) is 3.18. The SMILES string of the molecule is CCOC(=O)C1=C(C)N=c2sc(=Cc3ccc(N(C)C)o3)c(=O)n2[C@@H]1c1ccc(SC)cc1. The zero-order valence-corrected chi connectivity index (χ0v) is 20.8. The van der Waals surface area contributed by atoms with Crippen molar-refractivity contribution in [3.63, 3.8) is 0 Å². The molecule has 172 valence electrons. The summed E-state index contributed by atoms with van der Waals surface area (Å²) in [5.41, 5.74) is 1.52. The summed E-state index contributed by atoms with van der Waals surface area (Å²) >= 11 is 2.91. The van der Waals surface area contributed by atoms with Crippen molar-refractivity contribution in [2.45, 2.75) is 24.8 Å². The second kappa shape index (κ2) is 9.44. The summed E-state index contributed by atoms with van der Waals surface area (Å²) in [5, 5.41) is 0. The highest BCUT2D eigenvalue weighted by atomic mass is 32.2. The maximum atomic E-state index is 13.5. The summed E-state index contributed by atoms with van der Waals surface area (Å²) in [6, 6.07) is 10.9. The van der Waals surface area contributed by atoms with Gasteiger partial charge in [-0.25, -0.2) is 9.79 Å². The number of rotatable bonds is 6. The molecule has 9 heteroatoms. The van der Waals surface area contributed by atoms with Crippen LogP contribution < -0.4 is 19.8 Å². The number of anilines is 1. The second-order valence-electron chi connectivity index (χ2n) is 7.65. The van der Waals surface area contributed by atoms with Crippen LogP contribution >= 0.6 is 23.1 Å². The van der Waals surface area contributed by atoms with Gasteiger partial charge in [0.25, 0.3) is 5.56 Å². The first-order valence-corrected chi connectivity index (χ1v) is 12.5. The minimum absolute atomic E-state index is 0.227. The molecule has 0 saturated carbocycles. The highest BCUT2D eigenvalue weighted by Gasteiger charge is 2.33. The molecule has 4 rings (SSSR count). The monoisotopic (exact) mass is 483 g/mol. The van der Waals surface area contributed by atoms with Crippen molar-refractivity contribution in [2.75, 3.05) is 31.9 Å². The molecule has 0 fully saturated rings. The van der Waals surface area contributed by atoms with Gasteiger partial charge in [-0.3, -0.25) is 9.36 Å². The standard InChI is InChI=1S/C24H25N3O4S2/c1-6-30-23(29)20-14(2)25-24-27(21(20)15-7-10-17(32-5)11-8-15)22(28)18(33-24)13-16-9-12-19(31-16)26(3)4/h7-13,21H,6H2,1-5H3/t21-/m1/s1. The molecule has 0 amide bonds. The molecule has 0 saturated heterocycles. The zero-order valence-electron chi connectivity index (χ0n) is 19.1. The van der Waals surface area contributed by atoms with Gasteiger partial charge < -0.3 is 14.1 Å². The Morgan fingerprint density at radius 1 is 1.27 bits per heavy atom. The lowest BCUT2D eigenvalue weighted by Gasteiger charge is -2.24. The third-order valence-corrected chi connectivity index (χ3v) is 7.00. The van der Waals surface area contributed by atoms with Gasteiger partial charge in [0.15, 0.2) is 10.7 Å². The van der Waals surface area contributed by atoms with Gasteiger partial charge in [-0.15, -0.1) is 11.8 Å². The first kappa shape index (κ1) is 23.1. The van der Waals surface area contributed by atoms with E-state index in [1.807, 2.05) is 61.6 Å². The van der Waals surface area contributed by atoms with E-state index in [4.69, 9.17) is 9.15 Å². The molecule has 1 aliphatic rings. The summed E-state index contributed by atoms with van der Waals surface area (Å²) in [7, 11) is 3.77. The topological polar surface area (TPSA) is 77.0 Å². The van der Waals surface area contributed by atoms with E-state index in [1.54, 1.807) is 36.3 Å². The van der Waals surface area contributed by atoms with E-state index in [2.05, 4.69) is 4.99 Å². The van der Waals surface area contributed by atoms with Crippen molar-refractivity contribution < 1.29 is 13.9 Å². The van der Waals surface area contributed by atoms with Crippen LogP contribution in [0, 0.1) is 0 Å². The molecule has 3 heterocycles. The largest absolute Gasteiger partial charge is 0.463 e. The van der Waals surface area contributed by atoms with Crippen molar-refractivity contribution in [1.29, 1.82) is 0 Å². The van der Waals surface area contributed by atoms with E-state index in [1.165, 1.54) is 11.3 Å². The molecule has 0 aliphatic carbocycles. The normalized spacial score (nSPS) is 15.9. The third kappa shape index (κ3) is 4.43. The van der Waals surface area contributed by atoms with E-state index in [0.29, 0.717) is 32.2 Å². The van der Waals surface area contributed by atoms with Crippen LogP contribution in [0.2, 0.25) is 0 Å². The molecular weight excluding hydrogens is 458 g/mol. The molecular formula is C24H25N3O4S2. The Hall–Kier alpha value is -3.04. The molecule has 1 aliphatic heterocycles. The highest BCUT2D eigenvalue weighted by molar-refractivity contribution is 7.98. The Morgan fingerprint density at radius 3 is 2.61 bits per heavy atom. The highest BCUT2D eigenvalue weighted by Crippen LogP contribution is 2.31. The summed E-state index contributed by atoms with van der Waals surface area (Å²) in [6.45, 7) is 3.78. The molecule has 0 radical (unpaired) electrons. The predicted molar refractivity (Wildman–Crippen MR) is 132 cm³/mol. The van der Waals surface area contributed by atoms with Crippen LogP contribution in [-0.2, 0) is 9.53 Å². The third-order valence-electron chi connectivity index (χ3n) is 5.28. The number of thiazole rings is 1. The Morgan fingerprint density at radius 2 is 2.00 bits per heavy atom. The lowest BCUT2D eigenvalue weighted by Crippen LogP contribution is -2.39. The summed E-state index contributed by atoms with van der Waals surface area (Å²) in [6.07, 6.45) is 3.72. The van der Waals surface area contributed by atoms with Crippen LogP contribution in [0.25, 0.3) is 6.08 Å². The number of nitrogens with zero attached hydrogens (tertiary/aromatic N) is 3. The first-order valence-electron chi connectivity index (χ1n) is 10.4. The quantitative estimate of drug-likeness (QED) is 0.396. The average Bonchev–Trinajstić information content (AvgIpc) is 3.38. The fraction of sp³-hybridized carbons (Fsp3) is 0.292. The molecule has 3 aromatic rings. The molecule has 0 N–H and O–H groups in total. The maximum absolute atomic E-state index is 13.5. The minimum atomic E-state index is -0.618.